The van der Waals surface area contributed by atoms with Crippen molar-refractivity contribution in [2.24, 2.45) is 0 Å². The highest BCUT2D eigenvalue weighted by Crippen LogP contribution is 2.20. The third-order valence-electron chi connectivity index (χ3n) is 4.64. The van der Waals surface area contributed by atoms with E-state index in [4.69, 9.17) is 11.6 Å². The van der Waals surface area contributed by atoms with Gasteiger partial charge in [-0.05, 0) is 49.9 Å². The zero-order valence-electron chi connectivity index (χ0n) is 15.1. The molecule has 1 heterocycles. The van der Waals surface area contributed by atoms with Gasteiger partial charge in [-0.25, -0.2) is 9.97 Å². The number of hydrogen-bond donors (Lipinski definition) is 2. The van der Waals surface area contributed by atoms with E-state index in [-0.39, 0.29) is 5.91 Å². The Labute approximate surface area is 159 Å². The molecule has 1 aromatic carbocycles. The summed E-state index contributed by atoms with van der Waals surface area (Å²) in [7, 11) is 0. The van der Waals surface area contributed by atoms with Crippen LogP contribution in [0.4, 0.5) is 5.95 Å². The van der Waals surface area contributed by atoms with Gasteiger partial charge in [0.05, 0.1) is 0 Å². The topological polar surface area (TPSA) is 66.9 Å². The second-order valence-corrected chi connectivity index (χ2v) is 7.27. The molecule has 1 amide bonds. The molecule has 0 bridgehead atoms. The Morgan fingerprint density at radius 3 is 2.62 bits per heavy atom. The standard InChI is InChI=1S/C20H25ClN4O/c1-14-13-18(25-20(23-14)24-17-5-3-2-4-6-17)19(26)22-12-11-15-7-9-16(21)10-8-15/h7-10,13,17H,2-6,11-12H2,1H3,(H,22,26)(H,23,24,25). The number of anilines is 1. The molecule has 2 N–H and O–H groups in total. The highest BCUT2D eigenvalue weighted by molar-refractivity contribution is 6.30. The van der Waals surface area contributed by atoms with Crippen LogP contribution in [-0.2, 0) is 6.42 Å². The minimum Gasteiger partial charge on any atom is -0.351 e. The number of benzene rings is 1. The zero-order valence-corrected chi connectivity index (χ0v) is 15.9. The maximum absolute atomic E-state index is 12.4. The Bertz CT molecular complexity index is 742. The fourth-order valence-electron chi connectivity index (χ4n) is 3.24. The van der Waals surface area contributed by atoms with Gasteiger partial charge in [0.2, 0.25) is 5.95 Å². The van der Waals surface area contributed by atoms with Crippen molar-refractivity contribution < 1.29 is 4.79 Å². The van der Waals surface area contributed by atoms with Crippen molar-refractivity contribution in [1.82, 2.24) is 15.3 Å². The molecule has 0 unspecified atom stereocenters. The number of amides is 1. The Balaban J connectivity index is 1.56. The lowest BCUT2D eigenvalue weighted by Gasteiger charge is -2.23. The van der Waals surface area contributed by atoms with E-state index in [9.17, 15) is 4.79 Å². The molecule has 1 fully saturated rings. The van der Waals surface area contributed by atoms with Gasteiger partial charge in [0.1, 0.15) is 5.69 Å². The van der Waals surface area contributed by atoms with E-state index in [0.717, 1.165) is 30.5 Å². The van der Waals surface area contributed by atoms with Crippen molar-refractivity contribution in [3.8, 4) is 0 Å². The summed E-state index contributed by atoms with van der Waals surface area (Å²) in [5.41, 5.74) is 2.33. The second-order valence-electron chi connectivity index (χ2n) is 6.83. The highest BCUT2D eigenvalue weighted by Gasteiger charge is 2.16. The van der Waals surface area contributed by atoms with Crippen LogP contribution < -0.4 is 10.6 Å². The Morgan fingerprint density at radius 2 is 1.88 bits per heavy atom. The maximum Gasteiger partial charge on any atom is 0.270 e. The first-order valence-electron chi connectivity index (χ1n) is 9.25. The number of rotatable bonds is 6. The lowest BCUT2D eigenvalue weighted by atomic mass is 9.96. The number of carbonyl (C=O) groups excluding carboxylic acids is 1. The Morgan fingerprint density at radius 1 is 1.15 bits per heavy atom. The Kier molecular flexibility index (Phi) is 6.45. The molecule has 138 valence electrons. The zero-order chi connectivity index (χ0) is 18.4. The molecule has 5 nitrogen and oxygen atoms in total. The van der Waals surface area contributed by atoms with Crippen molar-refractivity contribution in [2.75, 3.05) is 11.9 Å². The number of aryl methyl sites for hydroxylation is 1. The second kappa shape index (κ2) is 8.99. The predicted molar refractivity (Wildman–Crippen MR) is 105 cm³/mol. The fraction of sp³-hybridized carbons (Fsp3) is 0.450. The first-order valence-corrected chi connectivity index (χ1v) is 9.63. The molecule has 0 saturated heterocycles. The fourth-order valence-corrected chi connectivity index (χ4v) is 3.37. The van der Waals surface area contributed by atoms with Gasteiger partial charge in [-0.3, -0.25) is 4.79 Å². The van der Waals surface area contributed by atoms with Crippen LogP contribution in [0.5, 0.6) is 0 Å². The number of nitrogens with one attached hydrogen (secondary N) is 2. The normalized spacial score (nSPS) is 14.8. The summed E-state index contributed by atoms with van der Waals surface area (Å²) in [6.45, 7) is 2.44. The molecule has 2 aromatic rings. The van der Waals surface area contributed by atoms with Crippen LogP contribution in [0.1, 0.15) is 53.8 Å². The monoisotopic (exact) mass is 372 g/mol. The van der Waals surface area contributed by atoms with Gasteiger partial charge in [-0.1, -0.05) is 43.0 Å². The van der Waals surface area contributed by atoms with Crippen LogP contribution in [0, 0.1) is 6.92 Å². The van der Waals surface area contributed by atoms with Gasteiger partial charge in [-0.15, -0.1) is 0 Å². The summed E-state index contributed by atoms with van der Waals surface area (Å²) in [5.74, 6) is 0.385. The number of nitrogens with zero attached hydrogens (tertiary/aromatic N) is 2. The average Bonchev–Trinajstić information content (AvgIpc) is 2.63. The number of carbonyl (C=O) groups is 1. The number of hydrogen-bond acceptors (Lipinski definition) is 4. The van der Waals surface area contributed by atoms with Crippen LogP contribution in [0.15, 0.2) is 30.3 Å². The molecular weight excluding hydrogens is 348 g/mol. The third-order valence-corrected chi connectivity index (χ3v) is 4.89. The molecule has 1 aliphatic rings. The minimum atomic E-state index is -0.170. The molecule has 0 atom stereocenters. The van der Waals surface area contributed by atoms with Crippen LogP contribution in [0.2, 0.25) is 5.02 Å². The third kappa shape index (κ3) is 5.43. The lowest BCUT2D eigenvalue weighted by Crippen LogP contribution is -2.28. The first kappa shape index (κ1) is 18.6. The van der Waals surface area contributed by atoms with Crippen molar-refractivity contribution in [1.29, 1.82) is 0 Å². The van der Waals surface area contributed by atoms with Crippen LogP contribution in [0.25, 0.3) is 0 Å². The summed E-state index contributed by atoms with van der Waals surface area (Å²) in [6.07, 6.45) is 6.80. The van der Waals surface area contributed by atoms with E-state index in [1.54, 1.807) is 6.07 Å². The van der Waals surface area contributed by atoms with E-state index >= 15 is 0 Å². The predicted octanol–water partition coefficient (Wildman–Crippen LogP) is 4.16. The quantitative estimate of drug-likeness (QED) is 0.799. The van der Waals surface area contributed by atoms with Gasteiger partial charge in [0, 0.05) is 23.3 Å². The molecular formula is C20H25ClN4O. The molecule has 1 saturated carbocycles. The highest BCUT2D eigenvalue weighted by atomic mass is 35.5. The van der Waals surface area contributed by atoms with Gasteiger partial charge in [-0.2, -0.15) is 0 Å². The molecule has 3 rings (SSSR count). The van der Waals surface area contributed by atoms with Crippen LogP contribution >= 0.6 is 11.6 Å². The smallest absolute Gasteiger partial charge is 0.270 e. The first-order chi connectivity index (χ1) is 12.6. The van der Waals surface area contributed by atoms with Crippen molar-refractivity contribution in [2.45, 2.75) is 51.5 Å². The van der Waals surface area contributed by atoms with Crippen molar-refractivity contribution >= 4 is 23.5 Å². The molecule has 0 spiro atoms. The van der Waals surface area contributed by atoms with E-state index in [1.807, 2.05) is 31.2 Å². The molecule has 0 aliphatic heterocycles. The average molecular weight is 373 g/mol. The maximum atomic E-state index is 12.4. The van der Waals surface area contributed by atoms with Crippen LogP contribution in [0.3, 0.4) is 0 Å². The molecule has 1 aromatic heterocycles. The van der Waals surface area contributed by atoms with Gasteiger partial charge < -0.3 is 10.6 Å². The van der Waals surface area contributed by atoms with E-state index in [2.05, 4.69) is 20.6 Å². The van der Waals surface area contributed by atoms with E-state index < -0.39 is 0 Å². The molecule has 1 aliphatic carbocycles. The summed E-state index contributed by atoms with van der Waals surface area (Å²) in [6, 6.07) is 9.78. The number of aromatic nitrogens is 2. The van der Waals surface area contributed by atoms with E-state index in [0.29, 0.717) is 29.3 Å². The Hall–Kier alpha value is -2.14. The van der Waals surface area contributed by atoms with Crippen molar-refractivity contribution in [3.05, 3.63) is 52.3 Å². The van der Waals surface area contributed by atoms with Gasteiger partial charge in [0.15, 0.2) is 0 Å². The minimum absolute atomic E-state index is 0.170. The summed E-state index contributed by atoms with van der Waals surface area (Å²) in [4.78, 5) is 21.3. The summed E-state index contributed by atoms with van der Waals surface area (Å²) >= 11 is 5.89. The largest absolute Gasteiger partial charge is 0.351 e. The van der Waals surface area contributed by atoms with E-state index in [1.165, 1.54) is 19.3 Å². The molecule has 26 heavy (non-hydrogen) atoms. The summed E-state index contributed by atoms with van der Waals surface area (Å²) in [5, 5.41) is 7.03. The van der Waals surface area contributed by atoms with Gasteiger partial charge in [0.25, 0.3) is 5.91 Å². The van der Waals surface area contributed by atoms with Gasteiger partial charge >= 0.3 is 0 Å². The number of halogens is 1. The SMILES string of the molecule is Cc1cc(C(=O)NCCc2ccc(Cl)cc2)nc(NC2CCCCC2)n1. The molecule has 6 heteroatoms. The van der Waals surface area contributed by atoms with Crippen LogP contribution in [-0.4, -0.2) is 28.5 Å². The summed E-state index contributed by atoms with van der Waals surface area (Å²) < 4.78 is 0. The molecule has 0 radical (unpaired) electrons. The lowest BCUT2D eigenvalue weighted by molar-refractivity contribution is 0.0949. The van der Waals surface area contributed by atoms with Crippen molar-refractivity contribution in [3.63, 3.8) is 0 Å².